The molecule has 1 aliphatic rings. The second-order valence-corrected chi connectivity index (χ2v) is 6.18. The molecule has 2 aromatic rings. The van der Waals surface area contributed by atoms with E-state index in [4.69, 9.17) is 4.74 Å². The Kier molecular flexibility index (Phi) is 4.28. The minimum absolute atomic E-state index is 0.0232. The number of benzene rings is 1. The molecule has 23 heavy (non-hydrogen) atoms. The zero-order chi connectivity index (χ0) is 16.3. The Balaban J connectivity index is 1.72. The van der Waals surface area contributed by atoms with Crippen molar-refractivity contribution in [3.05, 3.63) is 54.1 Å². The minimum Gasteiger partial charge on any atom is -0.460 e. The zero-order valence-electron chi connectivity index (χ0n) is 13.1. The summed E-state index contributed by atoms with van der Waals surface area (Å²) in [5, 5.41) is 0. The van der Waals surface area contributed by atoms with E-state index >= 15 is 0 Å². The van der Waals surface area contributed by atoms with Gasteiger partial charge in [0.1, 0.15) is 18.6 Å². The smallest absolute Gasteiger partial charge is 0.356 e. The highest BCUT2D eigenvalue weighted by atomic mass is 16.5. The lowest BCUT2D eigenvalue weighted by molar-refractivity contribution is -0.123. The molecule has 1 aromatic heterocycles. The second-order valence-electron chi connectivity index (χ2n) is 6.18. The van der Waals surface area contributed by atoms with Crippen molar-refractivity contribution in [1.82, 2.24) is 9.55 Å². The van der Waals surface area contributed by atoms with Gasteiger partial charge < -0.3 is 14.1 Å². The van der Waals surface area contributed by atoms with Crippen LogP contribution in [0.2, 0.25) is 0 Å². The second kappa shape index (κ2) is 6.36. The first kappa shape index (κ1) is 15.5. The van der Waals surface area contributed by atoms with Crippen LogP contribution in [0.4, 0.5) is 0 Å². The molecule has 120 valence electrons. The minimum atomic E-state index is -0.467. The molecule has 5 nitrogen and oxygen atoms in total. The zero-order valence-corrected chi connectivity index (χ0v) is 13.1. The summed E-state index contributed by atoms with van der Waals surface area (Å²) < 4.78 is 7.18. The van der Waals surface area contributed by atoms with Gasteiger partial charge in [0.15, 0.2) is 0 Å². The molecule has 1 unspecified atom stereocenters. The van der Waals surface area contributed by atoms with E-state index in [1.807, 2.05) is 37.3 Å². The lowest BCUT2D eigenvalue weighted by atomic mass is 9.71. The van der Waals surface area contributed by atoms with Gasteiger partial charge in [0.05, 0.1) is 24.0 Å². The molecule has 0 amide bonds. The van der Waals surface area contributed by atoms with Crippen molar-refractivity contribution in [1.29, 1.82) is 0 Å². The third kappa shape index (κ3) is 3.04. The highest BCUT2D eigenvalue weighted by Crippen LogP contribution is 2.39. The van der Waals surface area contributed by atoms with E-state index in [-0.39, 0.29) is 12.6 Å². The molecule has 1 saturated carbocycles. The molecular formula is C18H20N2O3. The molecule has 1 aliphatic carbocycles. The van der Waals surface area contributed by atoms with Crippen molar-refractivity contribution in [3.8, 4) is 0 Å². The number of aldehydes is 1. The summed E-state index contributed by atoms with van der Waals surface area (Å²) in [7, 11) is 0. The molecule has 1 aromatic carbocycles. The van der Waals surface area contributed by atoms with Gasteiger partial charge in [0, 0.05) is 0 Å². The van der Waals surface area contributed by atoms with E-state index in [9.17, 15) is 9.59 Å². The number of carbonyl (C=O) groups is 2. The highest BCUT2D eigenvalue weighted by molar-refractivity contribution is 5.87. The van der Waals surface area contributed by atoms with Crippen molar-refractivity contribution < 1.29 is 14.3 Å². The topological polar surface area (TPSA) is 61.2 Å². The highest BCUT2D eigenvalue weighted by Gasteiger charge is 2.38. The van der Waals surface area contributed by atoms with Crippen LogP contribution in [-0.2, 0) is 9.53 Å². The van der Waals surface area contributed by atoms with Crippen LogP contribution in [0.3, 0.4) is 0 Å². The first-order valence-electron chi connectivity index (χ1n) is 7.85. The molecule has 3 rings (SSSR count). The predicted molar refractivity (Wildman–Crippen MR) is 85.1 cm³/mol. The van der Waals surface area contributed by atoms with Crippen molar-refractivity contribution in [2.75, 3.05) is 6.61 Å². The number of imidazole rings is 1. The fourth-order valence-corrected chi connectivity index (χ4v) is 2.87. The molecule has 0 bridgehead atoms. The lowest BCUT2D eigenvalue weighted by Gasteiger charge is -2.35. The van der Waals surface area contributed by atoms with Crippen LogP contribution in [0, 0.1) is 5.41 Å². The van der Waals surface area contributed by atoms with Gasteiger partial charge in [0.2, 0.25) is 0 Å². The van der Waals surface area contributed by atoms with Crippen molar-refractivity contribution in [2.24, 2.45) is 5.41 Å². The van der Waals surface area contributed by atoms with Crippen LogP contribution >= 0.6 is 0 Å². The number of rotatable bonds is 6. The summed E-state index contributed by atoms with van der Waals surface area (Å²) >= 11 is 0. The third-order valence-electron chi connectivity index (χ3n) is 4.66. The maximum atomic E-state index is 12.4. The van der Waals surface area contributed by atoms with Gasteiger partial charge in [0.25, 0.3) is 0 Å². The van der Waals surface area contributed by atoms with E-state index in [0.717, 1.165) is 31.1 Å². The van der Waals surface area contributed by atoms with Gasteiger partial charge in [-0.1, -0.05) is 36.8 Å². The summed E-state index contributed by atoms with van der Waals surface area (Å²) in [5.74, 6) is -0.432. The third-order valence-corrected chi connectivity index (χ3v) is 4.66. The van der Waals surface area contributed by atoms with Gasteiger partial charge in [-0.25, -0.2) is 9.78 Å². The summed E-state index contributed by atoms with van der Waals surface area (Å²) in [6.45, 7) is 2.16. The summed E-state index contributed by atoms with van der Waals surface area (Å²) in [6.07, 6.45) is 6.67. The maximum Gasteiger partial charge on any atom is 0.356 e. The fourth-order valence-electron chi connectivity index (χ4n) is 2.87. The van der Waals surface area contributed by atoms with Crippen LogP contribution in [0.15, 0.2) is 42.9 Å². The van der Waals surface area contributed by atoms with Crippen LogP contribution in [0.5, 0.6) is 0 Å². The summed E-state index contributed by atoms with van der Waals surface area (Å²) in [5.41, 5.74) is 1.02. The normalized spacial score (nSPS) is 17.1. The van der Waals surface area contributed by atoms with Crippen LogP contribution in [0.25, 0.3) is 0 Å². The van der Waals surface area contributed by atoms with Crippen LogP contribution in [-0.4, -0.2) is 28.4 Å². The summed E-state index contributed by atoms with van der Waals surface area (Å²) in [4.78, 5) is 27.6. The SMILES string of the molecule is CC(c1ccccc1)n1cncc1C(=O)OCC1(C=O)CCC1. The number of hydrogen-bond donors (Lipinski definition) is 0. The molecule has 0 N–H and O–H groups in total. The number of aromatic nitrogens is 2. The molecule has 0 radical (unpaired) electrons. The quantitative estimate of drug-likeness (QED) is 0.607. The lowest BCUT2D eigenvalue weighted by Crippen LogP contribution is -2.37. The van der Waals surface area contributed by atoms with Crippen LogP contribution < -0.4 is 0 Å². The fraction of sp³-hybridized carbons (Fsp3) is 0.389. The standard InChI is InChI=1S/C18H20N2O3/c1-14(15-6-3-2-4-7-15)20-13-19-10-16(20)17(22)23-12-18(11-21)8-5-9-18/h2-4,6-7,10-11,13-14H,5,8-9,12H2,1H3. The largest absolute Gasteiger partial charge is 0.460 e. The Morgan fingerprint density at radius 1 is 1.39 bits per heavy atom. The predicted octanol–water partition coefficient (Wildman–Crippen LogP) is 3.02. The van der Waals surface area contributed by atoms with E-state index in [0.29, 0.717) is 5.69 Å². The Morgan fingerprint density at radius 3 is 2.74 bits per heavy atom. The van der Waals surface area contributed by atoms with Gasteiger partial charge >= 0.3 is 5.97 Å². The number of carbonyl (C=O) groups excluding carboxylic acids is 2. The Hall–Kier alpha value is -2.43. The Labute approximate surface area is 135 Å². The molecule has 0 aliphatic heterocycles. The maximum absolute atomic E-state index is 12.4. The van der Waals surface area contributed by atoms with Crippen molar-refractivity contribution >= 4 is 12.3 Å². The Bertz CT molecular complexity index is 689. The number of hydrogen-bond acceptors (Lipinski definition) is 4. The molecule has 1 atom stereocenters. The molecule has 5 heteroatoms. The first-order valence-corrected chi connectivity index (χ1v) is 7.85. The van der Waals surface area contributed by atoms with E-state index in [2.05, 4.69) is 4.98 Å². The monoisotopic (exact) mass is 312 g/mol. The van der Waals surface area contributed by atoms with Gasteiger partial charge in [-0.05, 0) is 25.3 Å². The number of nitrogens with zero attached hydrogens (tertiary/aromatic N) is 2. The van der Waals surface area contributed by atoms with E-state index < -0.39 is 11.4 Å². The average molecular weight is 312 g/mol. The molecule has 1 heterocycles. The molecule has 1 fully saturated rings. The van der Waals surface area contributed by atoms with Gasteiger partial charge in [-0.3, -0.25) is 0 Å². The van der Waals surface area contributed by atoms with Gasteiger partial charge in [-0.15, -0.1) is 0 Å². The average Bonchev–Trinajstić information content (AvgIpc) is 3.04. The van der Waals surface area contributed by atoms with Crippen LogP contribution in [0.1, 0.15) is 48.3 Å². The number of esters is 1. The van der Waals surface area contributed by atoms with Gasteiger partial charge in [-0.2, -0.15) is 0 Å². The Morgan fingerprint density at radius 2 is 2.13 bits per heavy atom. The molecular weight excluding hydrogens is 292 g/mol. The molecule has 0 saturated heterocycles. The van der Waals surface area contributed by atoms with E-state index in [1.54, 1.807) is 10.9 Å². The van der Waals surface area contributed by atoms with Crippen molar-refractivity contribution in [2.45, 2.75) is 32.2 Å². The molecule has 0 spiro atoms. The number of ether oxygens (including phenoxy) is 1. The summed E-state index contributed by atoms with van der Waals surface area (Å²) in [6, 6.07) is 9.88. The first-order chi connectivity index (χ1) is 11.2. The van der Waals surface area contributed by atoms with E-state index in [1.165, 1.54) is 6.20 Å². The van der Waals surface area contributed by atoms with Crippen molar-refractivity contribution in [3.63, 3.8) is 0 Å².